The summed E-state index contributed by atoms with van der Waals surface area (Å²) in [5, 5.41) is 0. The van der Waals surface area contributed by atoms with E-state index in [1.807, 2.05) is 0 Å². The standard InChI is InChI=1S/C46H40N4/c1-29(2)23-35-16-8-10-19-41(35)49-43-22-21-33(28-39(43)47-45(49)34-14-6-5-7-15-34)26-32-13-12-17-36(27-32)46-48-40-25-30(3)24-38-31(4)37-18-9-11-20-42(37)50(46)44(38)40/h5-22,24-25,27-29,31H,23,26H2,1-4H3. The maximum Gasteiger partial charge on any atom is 0.145 e. The second-order valence-electron chi connectivity index (χ2n) is 14.3. The second-order valence-corrected chi connectivity index (χ2v) is 14.3. The van der Waals surface area contributed by atoms with Gasteiger partial charge in [0, 0.05) is 17.0 Å². The van der Waals surface area contributed by atoms with Gasteiger partial charge in [0.25, 0.3) is 0 Å². The van der Waals surface area contributed by atoms with Crippen LogP contribution < -0.4 is 0 Å². The Bertz CT molecular complexity index is 2550. The van der Waals surface area contributed by atoms with Gasteiger partial charge in [0.05, 0.1) is 33.4 Å². The molecule has 9 rings (SSSR count). The van der Waals surface area contributed by atoms with Crippen molar-refractivity contribution in [2.75, 3.05) is 0 Å². The van der Waals surface area contributed by atoms with Gasteiger partial charge in [-0.05, 0) is 95.5 Å². The van der Waals surface area contributed by atoms with Crippen LogP contribution in [0.15, 0.2) is 133 Å². The van der Waals surface area contributed by atoms with Crippen LogP contribution in [0.25, 0.3) is 56.2 Å². The summed E-state index contributed by atoms with van der Waals surface area (Å²) in [4.78, 5) is 10.6. The van der Waals surface area contributed by atoms with E-state index in [4.69, 9.17) is 9.97 Å². The summed E-state index contributed by atoms with van der Waals surface area (Å²) in [6.07, 6.45) is 1.82. The average Bonchev–Trinajstić information content (AvgIpc) is 3.70. The van der Waals surface area contributed by atoms with Crippen LogP contribution >= 0.6 is 0 Å². The molecule has 0 saturated carbocycles. The summed E-state index contributed by atoms with van der Waals surface area (Å²) in [7, 11) is 0. The molecule has 6 aromatic carbocycles. The number of aryl methyl sites for hydroxylation is 1. The molecule has 3 heterocycles. The molecule has 4 nitrogen and oxygen atoms in total. The van der Waals surface area contributed by atoms with E-state index in [2.05, 4.69) is 170 Å². The van der Waals surface area contributed by atoms with Crippen molar-refractivity contribution in [1.82, 2.24) is 19.1 Å². The van der Waals surface area contributed by atoms with E-state index < -0.39 is 0 Å². The molecule has 0 fully saturated rings. The van der Waals surface area contributed by atoms with Gasteiger partial charge >= 0.3 is 0 Å². The predicted molar refractivity (Wildman–Crippen MR) is 207 cm³/mol. The first-order valence-corrected chi connectivity index (χ1v) is 17.8. The molecule has 0 bridgehead atoms. The number of hydrogen-bond donors (Lipinski definition) is 0. The molecule has 244 valence electrons. The average molecular weight is 649 g/mol. The van der Waals surface area contributed by atoms with Crippen molar-refractivity contribution in [2.45, 2.75) is 46.5 Å². The smallest absolute Gasteiger partial charge is 0.145 e. The van der Waals surface area contributed by atoms with E-state index in [0.29, 0.717) is 11.8 Å². The molecule has 0 spiro atoms. The van der Waals surface area contributed by atoms with E-state index >= 15 is 0 Å². The van der Waals surface area contributed by atoms with Gasteiger partial charge in [0.1, 0.15) is 11.6 Å². The zero-order valence-corrected chi connectivity index (χ0v) is 29.1. The Hall–Kier alpha value is -5.74. The Kier molecular flexibility index (Phi) is 7.27. The molecule has 8 aromatic rings. The lowest BCUT2D eigenvalue weighted by Crippen LogP contribution is -2.12. The monoisotopic (exact) mass is 648 g/mol. The first kappa shape index (κ1) is 30.3. The van der Waals surface area contributed by atoms with Crippen molar-refractivity contribution in [3.05, 3.63) is 167 Å². The van der Waals surface area contributed by atoms with Gasteiger partial charge in [0.2, 0.25) is 0 Å². The molecular formula is C46H40N4. The Balaban J connectivity index is 1.13. The number of para-hydroxylation sites is 2. The van der Waals surface area contributed by atoms with Crippen LogP contribution in [0.3, 0.4) is 0 Å². The maximum absolute atomic E-state index is 5.29. The summed E-state index contributed by atoms with van der Waals surface area (Å²) < 4.78 is 4.75. The van der Waals surface area contributed by atoms with Crippen LogP contribution in [0.5, 0.6) is 0 Å². The van der Waals surface area contributed by atoms with Gasteiger partial charge < -0.3 is 0 Å². The molecule has 0 radical (unpaired) electrons. The molecule has 0 N–H and O–H groups in total. The fourth-order valence-corrected chi connectivity index (χ4v) is 8.03. The minimum atomic E-state index is 0.321. The molecule has 1 aliphatic heterocycles. The summed E-state index contributed by atoms with van der Waals surface area (Å²) in [5.74, 6) is 2.84. The zero-order chi connectivity index (χ0) is 33.9. The zero-order valence-electron chi connectivity index (χ0n) is 29.1. The van der Waals surface area contributed by atoms with Crippen molar-refractivity contribution in [3.63, 3.8) is 0 Å². The summed E-state index contributed by atoms with van der Waals surface area (Å²) in [6.45, 7) is 9.06. The number of rotatable bonds is 7. The fourth-order valence-electron chi connectivity index (χ4n) is 8.03. The lowest BCUT2D eigenvalue weighted by Gasteiger charge is -2.26. The number of nitrogens with zero attached hydrogens (tertiary/aromatic N) is 4. The molecule has 1 atom stereocenters. The van der Waals surface area contributed by atoms with E-state index in [-0.39, 0.29) is 0 Å². The van der Waals surface area contributed by atoms with Gasteiger partial charge in [-0.2, -0.15) is 0 Å². The first-order chi connectivity index (χ1) is 24.4. The van der Waals surface area contributed by atoms with E-state index in [9.17, 15) is 0 Å². The van der Waals surface area contributed by atoms with Gasteiger partial charge in [0.15, 0.2) is 0 Å². The molecular weight excluding hydrogens is 609 g/mol. The van der Waals surface area contributed by atoms with E-state index in [1.54, 1.807) is 0 Å². The van der Waals surface area contributed by atoms with Crippen molar-refractivity contribution < 1.29 is 0 Å². The Labute approximate surface area is 293 Å². The van der Waals surface area contributed by atoms with Gasteiger partial charge in [-0.15, -0.1) is 0 Å². The van der Waals surface area contributed by atoms with Crippen molar-refractivity contribution in [3.8, 4) is 34.2 Å². The second kappa shape index (κ2) is 12.0. The fraction of sp³-hybridized carbons (Fsp3) is 0.174. The summed E-state index contributed by atoms with van der Waals surface area (Å²) in [5.41, 5.74) is 16.9. The largest absolute Gasteiger partial charge is 0.292 e. The van der Waals surface area contributed by atoms with Gasteiger partial charge in [-0.25, -0.2) is 9.97 Å². The number of hydrogen-bond acceptors (Lipinski definition) is 2. The topological polar surface area (TPSA) is 35.6 Å². The minimum absolute atomic E-state index is 0.321. The van der Waals surface area contributed by atoms with Crippen LogP contribution in [-0.2, 0) is 12.8 Å². The maximum atomic E-state index is 5.29. The Morgan fingerprint density at radius 1 is 0.600 bits per heavy atom. The lowest BCUT2D eigenvalue weighted by atomic mass is 9.87. The Morgan fingerprint density at radius 3 is 2.14 bits per heavy atom. The first-order valence-electron chi connectivity index (χ1n) is 17.8. The number of aromatic nitrogens is 4. The Morgan fingerprint density at radius 2 is 1.30 bits per heavy atom. The van der Waals surface area contributed by atoms with Crippen LogP contribution in [0.4, 0.5) is 0 Å². The highest BCUT2D eigenvalue weighted by molar-refractivity contribution is 5.90. The molecule has 1 aliphatic rings. The third-order valence-electron chi connectivity index (χ3n) is 10.2. The van der Waals surface area contributed by atoms with Gasteiger partial charge in [-0.3, -0.25) is 9.13 Å². The molecule has 2 aromatic heterocycles. The highest BCUT2D eigenvalue weighted by atomic mass is 15.1. The number of imidazole rings is 2. The van der Waals surface area contributed by atoms with E-state index in [0.717, 1.165) is 52.2 Å². The van der Waals surface area contributed by atoms with Crippen LogP contribution in [0.1, 0.15) is 60.1 Å². The predicted octanol–water partition coefficient (Wildman–Crippen LogP) is 11.3. The SMILES string of the molecule is Cc1cc2c3c(c1)nc(-c1cccc(Cc4ccc5c(c4)nc(-c4ccccc4)n5-c4ccccc4CC(C)C)c1)n3-c1ccccc1C2C. The van der Waals surface area contributed by atoms with E-state index in [1.165, 1.54) is 50.3 Å². The molecule has 0 saturated heterocycles. The third-order valence-corrected chi connectivity index (χ3v) is 10.2. The molecule has 1 unspecified atom stereocenters. The normalized spacial score (nSPS) is 13.7. The molecule has 0 aliphatic carbocycles. The lowest BCUT2D eigenvalue weighted by molar-refractivity contribution is 0.645. The summed E-state index contributed by atoms with van der Waals surface area (Å²) >= 11 is 0. The van der Waals surface area contributed by atoms with Crippen molar-refractivity contribution in [1.29, 1.82) is 0 Å². The van der Waals surface area contributed by atoms with Crippen LogP contribution in [-0.4, -0.2) is 19.1 Å². The van der Waals surface area contributed by atoms with Gasteiger partial charge in [-0.1, -0.05) is 118 Å². The molecule has 0 amide bonds. The number of benzene rings is 6. The quantitative estimate of drug-likeness (QED) is 0.172. The minimum Gasteiger partial charge on any atom is -0.292 e. The number of fused-ring (bicyclic) bond motifs is 3. The van der Waals surface area contributed by atoms with Crippen LogP contribution in [0, 0.1) is 12.8 Å². The molecule has 50 heavy (non-hydrogen) atoms. The third kappa shape index (κ3) is 5.06. The summed E-state index contributed by atoms with van der Waals surface area (Å²) in [6, 6.07) is 48.4. The highest BCUT2D eigenvalue weighted by Crippen LogP contribution is 2.43. The van der Waals surface area contributed by atoms with Crippen molar-refractivity contribution in [2.24, 2.45) is 5.92 Å². The molecule has 4 heteroatoms. The van der Waals surface area contributed by atoms with Crippen LogP contribution in [0.2, 0.25) is 0 Å². The highest BCUT2D eigenvalue weighted by Gasteiger charge is 2.28. The van der Waals surface area contributed by atoms with Crippen molar-refractivity contribution >= 4 is 22.1 Å².